The van der Waals surface area contributed by atoms with Gasteiger partial charge in [0.1, 0.15) is 16.4 Å². The smallest absolute Gasteiger partial charge is 0.309 e. The zero-order valence-electron chi connectivity index (χ0n) is 25.3. The van der Waals surface area contributed by atoms with Crippen LogP contribution in [-0.4, -0.2) is 57.9 Å². The highest BCUT2D eigenvalue weighted by Crippen LogP contribution is 2.71. The van der Waals surface area contributed by atoms with Crippen LogP contribution in [0, 0.1) is 16.6 Å². The van der Waals surface area contributed by atoms with Gasteiger partial charge in [-0.25, -0.2) is 9.37 Å². The van der Waals surface area contributed by atoms with Gasteiger partial charge in [-0.3, -0.25) is 19.3 Å². The number of halogens is 3. The number of aliphatic carboxylic acids is 1. The first-order valence-electron chi connectivity index (χ1n) is 15.5. The van der Waals surface area contributed by atoms with Crippen LogP contribution in [0.5, 0.6) is 0 Å². The van der Waals surface area contributed by atoms with E-state index in [1.165, 1.54) is 6.07 Å². The average molecular weight is 646 g/mol. The van der Waals surface area contributed by atoms with Crippen molar-refractivity contribution < 1.29 is 23.9 Å². The molecule has 1 aromatic carbocycles. The van der Waals surface area contributed by atoms with Crippen LogP contribution in [0.25, 0.3) is 0 Å². The maximum atomic E-state index is 16.1. The molecule has 2 spiro atoms. The van der Waals surface area contributed by atoms with Crippen molar-refractivity contribution >= 4 is 46.7 Å². The molecule has 1 saturated heterocycles. The molecule has 3 fully saturated rings. The Bertz CT molecular complexity index is 1520. The molecule has 3 atom stereocenters. The number of carbonyl (C=O) groups is 3. The molecule has 0 bridgehead atoms. The predicted molar refractivity (Wildman–Crippen MR) is 166 cm³/mol. The zero-order valence-corrected chi connectivity index (χ0v) is 26.8. The highest BCUT2D eigenvalue weighted by Gasteiger charge is 2.79. The molecule has 1 aromatic heterocycles. The molecule has 236 valence electrons. The van der Waals surface area contributed by atoms with Gasteiger partial charge in [-0.1, -0.05) is 68.4 Å². The fourth-order valence-corrected chi connectivity index (χ4v) is 9.69. The minimum absolute atomic E-state index is 0.0892. The highest BCUT2D eigenvalue weighted by atomic mass is 35.5. The molecule has 0 unspecified atom stereocenters. The molecule has 3 N–H and O–H groups in total. The summed E-state index contributed by atoms with van der Waals surface area (Å²) in [5, 5.41) is 16.2. The van der Waals surface area contributed by atoms with E-state index < -0.39 is 40.1 Å². The summed E-state index contributed by atoms with van der Waals surface area (Å²) >= 11 is 12.6. The predicted octanol–water partition coefficient (Wildman–Crippen LogP) is 6.31. The Hall–Kier alpha value is -2.75. The lowest BCUT2D eigenvalue weighted by atomic mass is 9.46. The number of likely N-dealkylation sites (N-methyl/N-ethyl adjacent to an activating group) is 1. The minimum atomic E-state index is -1.35. The van der Waals surface area contributed by atoms with Gasteiger partial charge in [0, 0.05) is 35.4 Å². The summed E-state index contributed by atoms with van der Waals surface area (Å²) < 4.78 is 16.1. The van der Waals surface area contributed by atoms with Gasteiger partial charge in [0.25, 0.3) is 0 Å². The Kier molecular flexibility index (Phi) is 7.78. The molecular formula is C33H39Cl2FN4O4. The number of hydrogen-bond acceptors (Lipinski definition) is 5. The molecule has 2 saturated carbocycles. The number of carboxylic acid groups (broad SMARTS) is 1. The summed E-state index contributed by atoms with van der Waals surface area (Å²) in [5.74, 6) is -3.03. The van der Waals surface area contributed by atoms with Crippen LogP contribution in [0.1, 0.15) is 88.7 Å². The van der Waals surface area contributed by atoms with E-state index in [0.29, 0.717) is 49.8 Å². The standard InChI is InChI=1S/C33H39Cl2FN4O4/c1-30(2)17-32(18-30)33(20-16-38-23(35)15-22(20)39-28(33)42)24(19-9-7-10-21(34)25(19)36)26(40(32)3)27(41)37-14-8-13-31(29(43)44)11-5-4-6-12-31/h7,9-10,15-16,24,26H,4-6,8,11-14,17-18H2,1-3H3,(H,37,41)(H,39,42)(H,43,44)/t24-,26+,33+/m0/s1. The Morgan fingerprint density at radius 3 is 2.55 bits per heavy atom. The third-order valence-electron chi connectivity index (χ3n) is 11.0. The van der Waals surface area contributed by atoms with Gasteiger partial charge in [-0.2, -0.15) is 0 Å². The summed E-state index contributed by atoms with van der Waals surface area (Å²) in [4.78, 5) is 47.3. The number of nitrogens with zero attached hydrogens (tertiary/aromatic N) is 2. The molecule has 2 amide bonds. The van der Waals surface area contributed by atoms with Crippen LogP contribution in [0.4, 0.5) is 10.1 Å². The van der Waals surface area contributed by atoms with E-state index in [9.17, 15) is 19.5 Å². The van der Waals surface area contributed by atoms with Crippen molar-refractivity contribution in [1.29, 1.82) is 0 Å². The number of benzene rings is 1. The van der Waals surface area contributed by atoms with Gasteiger partial charge < -0.3 is 15.7 Å². The van der Waals surface area contributed by atoms with Crippen molar-refractivity contribution in [1.82, 2.24) is 15.2 Å². The van der Waals surface area contributed by atoms with Crippen LogP contribution in [0.3, 0.4) is 0 Å². The van der Waals surface area contributed by atoms with Crippen molar-refractivity contribution in [3.63, 3.8) is 0 Å². The fraction of sp³-hybridized carbons (Fsp3) is 0.576. The molecule has 2 aliphatic heterocycles. The molecule has 3 heterocycles. The number of carbonyl (C=O) groups excluding carboxylic acids is 2. The second-order valence-corrected chi connectivity index (χ2v) is 14.9. The lowest BCUT2D eigenvalue weighted by Gasteiger charge is -2.61. The lowest BCUT2D eigenvalue weighted by molar-refractivity contribution is -0.151. The number of fused-ring (bicyclic) bond motifs is 3. The first-order valence-corrected chi connectivity index (χ1v) is 16.2. The largest absolute Gasteiger partial charge is 0.481 e. The number of amides is 2. The number of aromatic nitrogens is 1. The number of nitrogens with one attached hydrogen (secondary N) is 2. The van der Waals surface area contributed by atoms with E-state index in [1.807, 2.05) is 11.9 Å². The molecule has 0 radical (unpaired) electrons. The Morgan fingerprint density at radius 2 is 1.89 bits per heavy atom. The normalized spacial score (nSPS) is 28.0. The van der Waals surface area contributed by atoms with Crippen LogP contribution < -0.4 is 10.6 Å². The molecule has 8 nitrogen and oxygen atoms in total. The second-order valence-electron chi connectivity index (χ2n) is 14.1. The van der Waals surface area contributed by atoms with E-state index in [1.54, 1.807) is 24.4 Å². The third-order valence-corrected chi connectivity index (χ3v) is 11.5. The van der Waals surface area contributed by atoms with Gasteiger partial charge in [-0.15, -0.1) is 0 Å². The summed E-state index contributed by atoms with van der Waals surface area (Å²) in [6.07, 6.45) is 7.85. The molecule has 11 heteroatoms. The molecular weight excluding hydrogens is 606 g/mol. The van der Waals surface area contributed by atoms with Gasteiger partial charge in [0.2, 0.25) is 11.8 Å². The second kappa shape index (κ2) is 11.0. The third kappa shape index (κ3) is 4.48. The SMILES string of the molecule is CN1[C@@H](C(=O)NCCCC2(C(=O)O)CCCCC2)[C@H](c2cccc(Cl)c2F)[C@]2(C(=O)Nc3cc(Cl)ncc32)C12CC(C)(C)C2. The molecule has 6 rings (SSSR count). The number of pyridine rings is 1. The van der Waals surface area contributed by atoms with Crippen molar-refractivity contribution in [2.75, 3.05) is 18.9 Å². The van der Waals surface area contributed by atoms with E-state index in [2.05, 4.69) is 29.5 Å². The van der Waals surface area contributed by atoms with Gasteiger partial charge in [-0.05, 0) is 68.7 Å². The van der Waals surface area contributed by atoms with Crippen molar-refractivity contribution in [2.24, 2.45) is 10.8 Å². The maximum absolute atomic E-state index is 16.1. The Balaban J connectivity index is 1.41. The average Bonchev–Trinajstić information content (AvgIpc) is 3.36. The zero-order chi connectivity index (χ0) is 31.7. The molecule has 4 aliphatic rings. The van der Waals surface area contributed by atoms with E-state index >= 15 is 4.39 Å². The fourth-order valence-electron chi connectivity index (χ4n) is 9.35. The number of carboxylic acids is 1. The summed E-state index contributed by atoms with van der Waals surface area (Å²) in [7, 11) is 1.85. The Labute approximate surface area is 267 Å². The number of likely N-dealkylation sites (tertiary alicyclic amines) is 1. The highest BCUT2D eigenvalue weighted by molar-refractivity contribution is 6.31. The van der Waals surface area contributed by atoms with Crippen molar-refractivity contribution in [3.8, 4) is 0 Å². The molecule has 2 aromatic rings. The van der Waals surface area contributed by atoms with E-state index in [-0.39, 0.29) is 39.5 Å². The summed E-state index contributed by atoms with van der Waals surface area (Å²) in [6.45, 7) is 4.52. The van der Waals surface area contributed by atoms with E-state index in [0.717, 1.165) is 19.3 Å². The van der Waals surface area contributed by atoms with Crippen LogP contribution in [0.15, 0.2) is 30.5 Å². The van der Waals surface area contributed by atoms with Crippen LogP contribution in [0.2, 0.25) is 10.2 Å². The van der Waals surface area contributed by atoms with Gasteiger partial charge in [0.05, 0.1) is 16.5 Å². The van der Waals surface area contributed by atoms with Crippen LogP contribution in [-0.2, 0) is 19.8 Å². The topological polar surface area (TPSA) is 112 Å². The van der Waals surface area contributed by atoms with Crippen molar-refractivity contribution in [3.05, 3.63) is 57.6 Å². The summed E-state index contributed by atoms with van der Waals surface area (Å²) in [6, 6.07) is 5.39. The molecule has 2 aliphatic carbocycles. The minimum Gasteiger partial charge on any atom is -0.481 e. The van der Waals surface area contributed by atoms with E-state index in [4.69, 9.17) is 23.2 Å². The Morgan fingerprint density at radius 1 is 1.18 bits per heavy atom. The first kappa shape index (κ1) is 31.2. The number of hydrogen-bond donors (Lipinski definition) is 3. The van der Waals surface area contributed by atoms with Gasteiger partial charge in [0.15, 0.2) is 0 Å². The van der Waals surface area contributed by atoms with Crippen LogP contribution >= 0.6 is 23.2 Å². The van der Waals surface area contributed by atoms with Gasteiger partial charge >= 0.3 is 5.97 Å². The maximum Gasteiger partial charge on any atom is 0.309 e. The number of anilines is 1. The summed E-state index contributed by atoms with van der Waals surface area (Å²) in [5.41, 5.74) is -1.77. The quantitative estimate of drug-likeness (QED) is 0.241. The lowest BCUT2D eigenvalue weighted by Crippen LogP contribution is -2.68. The monoisotopic (exact) mass is 644 g/mol. The molecule has 44 heavy (non-hydrogen) atoms. The van der Waals surface area contributed by atoms with Crippen molar-refractivity contribution in [2.45, 2.75) is 94.5 Å². The first-order chi connectivity index (χ1) is 20.8. The number of rotatable bonds is 7.